The molecule has 0 heterocycles. The minimum absolute atomic E-state index is 0.783. The number of halogens is 1. The average molecular weight is 249 g/mol. The fourth-order valence-electron chi connectivity index (χ4n) is 2.50. The first-order chi connectivity index (χ1) is 8.34. The number of hydrogen-bond donors (Lipinski definition) is 0. The van der Waals surface area contributed by atoms with E-state index in [1.807, 2.05) is 12.1 Å². The first-order valence-corrected chi connectivity index (χ1v) is 7.16. The summed E-state index contributed by atoms with van der Waals surface area (Å²) in [6.45, 7) is 0. The Morgan fingerprint density at radius 1 is 0.882 bits per heavy atom. The number of benzene rings is 1. The predicted octanol–water partition coefficient (Wildman–Crippen LogP) is 5.71. The van der Waals surface area contributed by atoms with Crippen LogP contribution in [-0.4, -0.2) is 0 Å². The van der Waals surface area contributed by atoms with Crippen LogP contribution in [0, 0.1) is 5.92 Å². The molecule has 1 aliphatic carbocycles. The van der Waals surface area contributed by atoms with Gasteiger partial charge in [-0.2, -0.15) is 0 Å². The SMILES string of the molecule is Clc1ccc(/C=C/C2CCCCCCC2)cc1. The zero-order valence-corrected chi connectivity index (χ0v) is 11.1. The van der Waals surface area contributed by atoms with Gasteiger partial charge >= 0.3 is 0 Å². The van der Waals surface area contributed by atoms with Gasteiger partial charge in [0.15, 0.2) is 0 Å². The zero-order valence-electron chi connectivity index (χ0n) is 10.4. The van der Waals surface area contributed by atoms with E-state index in [0.29, 0.717) is 0 Å². The molecule has 0 spiro atoms. The molecular weight excluding hydrogens is 228 g/mol. The first kappa shape index (κ1) is 12.7. The summed E-state index contributed by atoms with van der Waals surface area (Å²) in [4.78, 5) is 0. The third-order valence-corrected chi connectivity index (χ3v) is 3.83. The maximum atomic E-state index is 5.88. The Morgan fingerprint density at radius 3 is 2.12 bits per heavy atom. The highest BCUT2D eigenvalue weighted by molar-refractivity contribution is 6.30. The highest BCUT2D eigenvalue weighted by atomic mass is 35.5. The molecule has 0 atom stereocenters. The van der Waals surface area contributed by atoms with Crippen LogP contribution in [-0.2, 0) is 0 Å². The molecule has 0 nitrogen and oxygen atoms in total. The lowest BCUT2D eigenvalue weighted by molar-refractivity contribution is 0.436. The lowest BCUT2D eigenvalue weighted by Gasteiger charge is -2.15. The van der Waals surface area contributed by atoms with Crippen molar-refractivity contribution in [1.29, 1.82) is 0 Å². The van der Waals surface area contributed by atoms with E-state index in [-0.39, 0.29) is 0 Å². The lowest BCUT2D eigenvalue weighted by atomic mass is 9.90. The molecule has 1 aromatic carbocycles. The van der Waals surface area contributed by atoms with Crippen LogP contribution >= 0.6 is 11.6 Å². The summed E-state index contributed by atoms with van der Waals surface area (Å²) < 4.78 is 0. The second kappa shape index (κ2) is 6.86. The fourth-order valence-corrected chi connectivity index (χ4v) is 2.63. The third-order valence-electron chi connectivity index (χ3n) is 3.58. The monoisotopic (exact) mass is 248 g/mol. The van der Waals surface area contributed by atoms with Crippen molar-refractivity contribution in [3.05, 3.63) is 40.9 Å². The van der Waals surface area contributed by atoms with Crippen molar-refractivity contribution in [3.63, 3.8) is 0 Å². The molecule has 0 amide bonds. The largest absolute Gasteiger partial charge is 0.0843 e. The average Bonchev–Trinajstić information content (AvgIpc) is 2.30. The normalized spacial score (nSPS) is 19.1. The maximum Gasteiger partial charge on any atom is 0.0406 e. The molecule has 1 heteroatoms. The van der Waals surface area contributed by atoms with E-state index in [0.717, 1.165) is 10.9 Å². The van der Waals surface area contributed by atoms with Gasteiger partial charge in [0.1, 0.15) is 0 Å². The Hall–Kier alpha value is -0.750. The van der Waals surface area contributed by atoms with Crippen LogP contribution in [0.3, 0.4) is 0 Å². The van der Waals surface area contributed by atoms with Gasteiger partial charge in [-0.05, 0) is 36.5 Å². The Kier molecular flexibility index (Phi) is 5.12. The molecule has 1 aliphatic rings. The standard InChI is InChI=1S/C16H21Cl/c17-16-12-10-15(11-13-16)9-8-14-6-4-2-1-3-5-7-14/h8-14H,1-7H2/b9-8+. The van der Waals surface area contributed by atoms with Crippen molar-refractivity contribution in [1.82, 2.24) is 0 Å². The van der Waals surface area contributed by atoms with Gasteiger partial charge in [0, 0.05) is 5.02 Å². The molecule has 0 aliphatic heterocycles. The van der Waals surface area contributed by atoms with Crippen LogP contribution in [0.15, 0.2) is 30.3 Å². The van der Waals surface area contributed by atoms with E-state index >= 15 is 0 Å². The molecule has 17 heavy (non-hydrogen) atoms. The zero-order chi connectivity index (χ0) is 11.9. The van der Waals surface area contributed by atoms with E-state index in [1.165, 1.54) is 50.5 Å². The fraction of sp³-hybridized carbons (Fsp3) is 0.500. The second-order valence-corrected chi connectivity index (χ2v) is 5.45. The third kappa shape index (κ3) is 4.55. The van der Waals surface area contributed by atoms with Crippen LogP contribution in [0.25, 0.3) is 6.08 Å². The molecule has 0 unspecified atom stereocenters. The van der Waals surface area contributed by atoms with Gasteiger partial charge < -0.3 is 0 Å². The van der Waals surface area contributed by atoms with Crippen molar-refractivity contribution < 1.29 is 0 Å². The predicted molar refractivity (Wildman–Crippen MR) is 76.3 cm³/mol. The summed E-state index contributed by atoms with van der Waals surface area (Å²) in [5, 5.41) is 0.813. The maximum absolute atomic E-state index is 5.88. The molecule has 2 rings (SSSR count). The van der Waals surface area contributed by atoms with Crippen molar-refractivity contribution in [2.24, 2.45) is 5.92 Å². The Balaban J connectivity index is 1.91. The number of allylic oxidation sites excluding steroid dienone is 1. The van der Waals surface area contributed by atoms with Gasteiger partial charge in [-0.1, -0.05) is 68.0 Å². The van der Waals surface area contributed by atoms with Crippen molar-refractivity contribution in [2.45, 2.75) is 44.9 Å². The molecule has 1 aromatic rings. The topological polar surface area (TPSA) is 0 Å². The molecule has 0 bridgehead atoms. The molecule has 1 saturated carbocycles. The summed E-state index contributed by atoms with van der Waals surface area (Å²) in [7, 11) is 0. The molecular formula is C16H21Cl. The molecule has 0 saturated heterocycles. The summed E-state index contributed by atoms with van der Waals surface area (Å²) in [6.07, 6.45) is 14.5. The minimum Gasteiger partial charge on any atom is -0.0843 e. The van der Waals surface area contributed by atoms with E-state index in [4.69, 9.17) is 11.6 Å². The first-order valence-electron chi connectivity index (χ1n) is 6.78. The quantitative estimate of drug-likeness (QED) is 0.629. The summed E-state index contributed by atoms with van der Waals surface area (Å²) in [5.74, 6) is 0.783. The van der Waals surface area contributed by atoms with E-state index in [2.05, 4.69) is 24.3 Å². The van der Waals surface area contributed by atoms with Crippen molar-refractivity contribution in [3.8, 4) is 0 Å². The smallest absolute Gasteiger partial charge is 0.0406 e. The van der Waals surface area contributed by atoms with Gasteiger partial charge in [0.2, 0.25) is 0 Å². The number of hydrogen-bond acceptors (Lipinski definition) is 0. The summed E-state index contributed by atoms with van der Waals surface area (Å²) >= 11 is 5.88. The Bertz CT molecular complexity index is 342. The van der Waals surface area contributed by atoms with Gasteiger partial charge in [0.05, 0.1) is 0 Å². The van der Waals surface area contributed by atoms with Crippen LogP contribution in [0.4, 0.5) is 0 Å². The highest BCUT2D eigenvalue weighted by Gasteiger charge is 2.07. The summed E-state index contributed by atoms with van der Waals surface area (Å²) in [6, 6.07) is 8.09. The van der Waals surface area contributed by atoms with Gasteiger partial charge in [-0.3, -0.25) is 0 Å². The van der Waals surface area contributed by atoms with Crippen molar-refractivity contribution in [2.75, 3.05) is 0 Å². The molecule has 0 radical (unpaired) electrons. The molecule has 0 N–H and O–H groups in total. The molecule has 1 fully saturated rings. The van der Waals surface area contributed by atoms with Crippen LogP contribution in [0.1, 0.15) is 50.5 Å². The second-order valence-electron chi connectivity index (χ2n) is 5.02. The van der Waals surface area contributed by atoms with Crippen LogP contribution in [0.2, 0.25) is 5.02 Å². The molecule has 0 aromatic heterocycles. The van der Waals surface area contributed by atoms with E-state index < -0.39 is 0 Å². The van der Waals surface area contributed by atoms with Crippen LogP contribution < -0.4 is 0 Å². The summed E-state index contributed by atoms with van der Waals surface area (Å²) in [5.41, 5.74) is 1.26. The van der Waals surface area contributed by atoms with Gasteiger partial charge in [-0.25, -0.2) is 0 Å². The van der Waals surface area contributed by atoms with Crippen molar-refractivity contribution >= 4 is 17.7 Å². The minimum atomic E-state index is 0.783. The lowest BCUT2D eigenvalue weighted by Crippen LogP contribution is -2.00. The van der Waals surface area contributed by atoms with E-state index in [9.17, 15) is 0 Å². The Labute approximate surface area is 110 Å². The highest BCUT2D eigenvalue weighted by Crippen LogP contribution is 2.24. The molecule has 92 valence electrons. The van der Waals surface area contributed by atoms with Crippen LogP contribution in [0.5, 0.6) is 0 Å². The van der Waals surface area contributed by atoms with Gasteiger partial charge in [0.25, 0.3) is 0 Å². The van der Waals surface area contributed by atoms with Gasteiger partial charge in [-0.15, -0.1) is 0 Å². The Morgan fingerprint density at radius 2 is 1.47 bits per heavy atom. The van der Waals surface area contributed by atoms with E-state index in [1.54, 1.807) is 0 Å². The number of rotatable bonds is 2.